The molecule has 1 unspecified atom stereocenters. The standard InChI is InChI=1S/C31H40F3N3O3/c1-2-3-17-37-28(38)26(20-22-9-5-4-6-10-22)35-29(39)30(37)15-18-36(19-16-30)21-23-13-14-27(40-23)24-11-7-8-12-25(24)31(32,33)34/h7-8,11-14,22,26H,2-6,9-10,15-21H2,1H3,(H,35,39). The number of likely N-dealkylation sites (tertiary alicyclic amines) is 1. The molecule has 0 bridgehead atoms. The summed E-state index contributed by atoms with van der Waals surface area (Å²) >= 11 is 0. The van der Waals surface area contributed by atoms with E-state index in [-0.39, 0.29) is 23.1 Å². The van der Waals surface area contributed by atoms with Crippen LogP contribution < -0.4 is 5.32 Å². The predicted octanol–water partition coefficient (Wildman–Crippen LogP) is 6.40. The number of carbonyl (C=O) groups is 2. The molecule has 218 valence electrons. The summed E-state index contributed by atoms with van der Waals surface area (Å²) in [4.78, 5) is 31.4. The van der Waals surface area contributed by atoms with Gasteiger partial charge in [0, 0.05) is 25.2 Å². The highest BCUT2D eigenvalue weighted by Crippen LogP contribution is 2.39. The molecule has 2 saturated heterocycles. The Morgan fingerprint density at radius 2 is 1.75 bits per heavy atom. The average Bonchev–Trinajstić information content (AvgIpc) is 3.41. The molecular weight excluding hydrogens is 519 g/mol. The van der Waals surface area contributed by atoms with Crippen molar-refractivity contribution >= 4 is 11.8 Å². The van der Waals surface area contributed by atoms with Gasteiger partial charge in [0.05, 0.1) is 12.1 Å². The number of rotatable bonds is 8. The zero-order chi connectivity index (χ0) is 28.3. The number of piperazine rings is 1. The van der Waals surface area contributed by atoms with Crippen molar-refractivity contribution in [3.8, 4) is 11.3 Å². The summed E-state index contributed by atoms with van der Waals surface area (Å²) in [6.07, 6.45) is 5.02. The summed E-state index contributed by atoms with van der Waals surface area (Å²) in [7, 11) is 0. The van der Waals surface area contributed by atoms with Crippen molar-refractivity contribution in [2.75, 3.05) is 19.6 Å². The van der Waals surface area contributed by atoms with Crippen LogP contribution in [0.15, 0.2) is 40.8 Å². The van der Waals surface area contributed by atoms with Crippen LogP contribution in [0.1, 0.15) is 82.5 Å². The van der Waals surface area contributed by atoms with Gasteiger partial charge in [-0.3, -0.25) is 14.5 Å². The van der Waals surface area contributed by atoms with E-state index in [1.54, 1.807) is 18.2 Å². The molecule has 1 aromatic heterocycles. The fraction of sp³-hybridized carbons (Fsp3) is 0.613. The number of nitrogens with one attached hydrogen (secondary N) is 1. The van der Waals surface area contributed by atoms with Gasteiger partial charge in [-0.05, 0) is 49.8 Å². The highest BCUT2D eigenvalue weighted by atomic mass is 19.4. The molecule has 2 amide bonds. The monoisotopic (exact) mass is 559 g/mol. The molecule has 1 saturated carbocycles. The van der Waals surface area contributed by atoms with Gasteiger partial charge in [0.1, 0.15) is 23.1 Å². The zero-order valence-electron chi connectivity index (χ0n) is 23.3. The third kappa shape index (κ3) is 5.94. The van der Waals surface area contributed by atoms with Crippen molar-refractivity contribution < 1.29 is 27.2 Å². The van der Waals surface area contributed by atoms with Gasteiger partial charge in [-0.25, -0.2) is 0 Å². The average molecular weight is 560 g/mol. The minimum absolute atomic E-state index is 0.0191. The fourth-order valence-corrected chi connectivity index (χ4v) is 6.78. The molecule has 3 fully saturated rings. The predicted molar refractivity (Wildman–Crippen MR) is 146 cm³/mol. The number of hydrogen-bond acceptors (Lipinski definition) is 4. The van der Waals surface area contributed by atoms with Gasteiger partial charge in [0.25, 0.3) is 0 Å². The lowest BCUT2D eigenvalue weighted by Gasteiger charge is -2.52. The maximum atomic E-state index is 13.7. The van der Waals surface area contributed by atoms with E-state index in [9.17, 15) is 22.8 Å². The number of carbonyl (C=O) groups excluding carboxylic acids is 2. The number of piperidine rings is 1. The summed E-state index contributed by atoms with van der Waals surface area (Å²) in [5, 5.41) is 3.12. The molecule has 5 rings (SSSR count). The Labute approximate surface area is 234 Å². The molecular formula is C31H40F3N3O3. The lowest BCUT2D eigenvalue weighted by Crippen LogP contribution is -2.73. The van der Waals surface area contributed by atoms with Crippen LogP contribution in [0.25, 0.3) is 11.3 Å². The minimum Gasteiger partial charge on any atom is -0.460 e. The Hall–Kier alpha value is -2.81. The van der Waals surface area contributed by atoms with Crippen molar-refractivity contribution in [2.45, 2.75) is 95.4 Å². The molecule has 2 aromatic rings. The molecule has 2 aliphatic heterocycles. The minimum atomic E-state index is -4.47. The van der Waals surface area contributed by atoms with Gasteiger partial charge in [-0.2, -0.15) is 13.2 Å². The number of furan rings is 1. The quantitative estimate of drug-likeness (QED) is 0.407. The molecule has 3 aliphatic rings. The fourth-order valence-electron chi connectivity index (χ4n) is 6.78. The number of hydrogen-bond donors (Lipinski definition) is 1. The lowest BCUT2D eigenvalue weighted by atomic mass is 9.79. The van der Waals surface area contributed by atoms with Crippen LogP contribution in [0.4, 0.5) is 13.2 Å². The summed E-state index contributed by atoms with van der Waals surface area (Å²) in [6.45, 7) is 4.29. The van der Waals surface area contributed by atoms with Gasteiger partial charge < -0.3 is 14.6 Å². The summed E-state index contributed by atoms with van der Waals surface area (Å²) in [5.74, 6) is 1.28. The van der Waals surface area contributed by atoms with Crippen LogP contribution in [-0.2, 0) is 22.3 Å². The van der Waals surface area contributed by atoms with Crippen molar-refractivity contribution in [2.24, 2.45) is 5.92 Å². The molecule has 6 nitrogen and oxygen atoms in total. The van der Waals surface area contributed by atoms with Gasteiger partial charge in [-0.15, -0.1) is 0 Å². The van der Waals surface area contributed by atoms with E-state index >= 15 is 0 Å². The van der Waals surface area contributed by atoms with Crippen LogP contribution in [0.2, 0.25) is 0 Å². The van der Waals surface area contributed by atoms with Crippen LogP contribution in [0.5, 0.6) is 0 Å². The molecule has 1 atom stereocenters. The molecule has 1 N–H and O–H groups in total. The summed E-state index contributed by atoms with van der Waals surface area (Å²) in [6, 6.07) is 8.27. The molecule has 1 spiro atoms. The largest absolute Gasteiger partial charge is 0.460 e. The van der Waals surface area contributed by atoms with Crippen LogP contribution in [0, 0.1) is 5.92 Å². The molecule has 1 aromatic carbocycles. The lowest BCUT2D eigenvalue weighted by molar-refractivity contribution is -0.162. The van der Waals surface area contributed by atoms with E-state index in [2.05, 4.69) is 17.1 Å². The Morgan fingerprint density at radius 3 is 2.45 bits per heavy atom. The Balaban J connectivity index is 1.25. The SMILES string of the molecule is CCCCN1C(=O)C(CC2CCCCC2)NC(=O)C12CCN(Cc1ccc(-c3ccccc3C(F)(F)F)o1)CC2. The van der Waals surface area contributed by atoms with Crippen LogP contribution >= 0.6 is 0 Å². The smallest absolute Gasteiger partial charge is 0.417 e. The van der Waals surface area contributed by atoms with E-state index in [0.29, 0.717) is 50.7 Å². The van der Waals surface area contributed by atoms with Crippen molar-refractivity contribution in [3.63, 3.8) is 0 Å². The molecule has 40 heavy (non-hydrogen) atoms. The number of amides is 2. The van der Waals surface area contributed by atoms with E-state index in [0.717, 1.165) is 38.2 Å². The van der Waals surface area contributed by atoms with Gasteiger partial charge in [0.15, 0.2) is 0 Å². The van der Waals surface area contributed by atoms with E-state index in [1.807, 2.05) is 4.90 Å². The Bertz CT molecular complexity index is 1180. The van der Waals surface area contributed by atoms with Crippen LogP contribution in [-0.4, -0.2) is 52.8 Å². The second kappa shape index (κ2) is 12.0. The summed E-state index contributed by atoms with van der Waals surface area (Å²) in [5.41, 5.74) is -1.55. The Kier molecular flexibility index (Phi) is 8.59. The van der Waals surface area contributed by atoms with Crippen LogP contribution in [0.3, 0.4) is 0 Å². The molecule has 3 heterocycles. The first-order valence-corrected chi connectivity index (χ1v) is 14.8. The van der Waals surface area contributed by atoms with Crippen molar-refractivity contribution in [3.05, 3.63) is 47.7 Å². The first kappa shape index (κ1) is 28.7. The number of halogens is 3. The number of benzene rings is 1. The second-order valence-electron chi connectivity index (χ2n) is 11.7. The molecule has 1 aliphatic carbocycles. The Morgan fingerprint density at radius 1 is 1.02 bits per heavy atom. The second-order valence-corrected chi connectivity index (χ2v) is 11.7. The van der Waals surface area contributed by atoms with E-state index in [1.165, 1.54) is 31.4 Å². The number of unbranched alkanes of at least 4 members (excludes halogenated alkanes) is 1. The van der Waals surface area contributed by atoms with E-state index < -0.39 is 23.3 Å². The van der Waals surface area contributed by atoms with Gasteiger partial charge in [0.2, 0.25) is 11.8 Å². The molecule has 0 radical (unpaired) electrons. The maximum Gasteiger partial charge on any atom is 0.417 e. The zero-order valence-corrected chi connectivity index (χ0v) is 23.3. The van der Waals surface area contributed by atoms with E-state index in [4.69, 9.17) is 4.42 Å². The third-order valence-corrected chi connectivity index (χ3v) is 9.06. The number of nitrogens with zero attached hydrogens (tertiary/aromatic N) is 2. The number of alkyl halides is 3. The third-order valence-electron chi connectivity index (χ3n) is 9.06. The topological polar surface area (TPSA) is 65.8 Å². The van der Waals surface area contributed by atoms with Gasteiger partial charge >= 0.3 is 6.18 Å². The first-order valence-electron chi connectivity index (χ1n) is 14.8. The highest BCUT2D eigenvalue weighted by Gasteiger charge is 2.53. The summed E-state index contributed by atoms with van der Waals surface area (Å²) < 4.78 is 46.3. The molecule has 9 heteroatoms. The van der Waals surface area contributed by atoms with Crippen molar-refractivity contribution in [1.29, 1.82) is 0 Å². The normalized spacial score (nSPS) is 22.6. The first-order chi connectivity index (χ1) is 19.2. The highest BCUT2D eigenvalue weighted by molar-refractivity contribution is 6.00. The van der Waals surface area contributed by atoms with Gasteiger partial charge in [-0.1, -0.05) is 63.6 Å². The van der Waals surface area contributed by atoms with Crippen molar-refractivity contribution in [1.82, 2.24) is 15.1 Å². The maximum absolute atomic E-state index is 13.7.